The zero-order valence-corrected chi connectivity index (χ0v) is 6.50. The van der Waals surface area contributed by atoms with Gasteiger partial charge >= 0.3 is 0 Å². The number of nitrogens with one attached hydrogen (secondary N) is 1. The molecule has 0 aromatic carbocycles. The standard InChI is InChI=1S/C6H13NO4/c1-9-6(11-7-8)2-4-10-5-3-6/h7-8H,2-5H2,1H3. The Morgan fingerprint density at radius 1 is 1.45 bits per heavy atom. The molecule has 0 aliphatic carbocycles. The van der Waals surface area contributed by atoms with Crippen molar-refractivity contribution in [2.24, 2.45) is 0 Å². The predicted molar refractivity (Wildman–Crippen MR) is 35.8 cm³/mol. The lowest BCUT2D eigenvalue weighted by Gasteiger charge is -2.33. The van der Waals surface area contributed by atoms with Crippen LogP contribution in [0.15, 0.2) is 0 Å². The second-order valence-electron chi connectivity index (χ2n) is 2.42. The maximum atomic E-state index is 8.32. The second kappa shape index (κ2) is 3.99. The molecule has 0 aromatic rings. The molecule has 1 aliphatic rings. The SMILES string of the molecule is COC1(ONO)CCOCC1. The lowest BCUT2D eigenvalue weighted by atomic mass is 10.1. The first-order chi connectivity index (χ1) is 5.33. The molecule has 1 rings (SSSR count). The molecule has 1 aliphatic heterocycles. The molecule has 11 heavy (non-hydrogen) atoms. The molecule has 2 N–H and O–H groups in total. The van der Waals surface area contributed by atoms with Gasteiger partial charge in [0.05, 0.1) is 13.2 Å². The van der Waals surface area contributed by atoms with Gasteiger partial charge in [0.25, 0.3) is 0 Å². The van der Waals surface area contributed by atoms with Crippen molar-refractivity contribution >= 4 is 0 Å². The Balaban J connectivity index is 2.42. The summed E-state index contributed by atoms with van der Waals surface area (Å²) >= 11 is 0. The highest BCUT2D eigenvalue weighted by Gasteiger charge is 2.33. The molecular weight excluding hydrogens is 150 g/mol. The van der Waals surface area contributed by atoms with Crippen LogP contribution in [0.25, 0.3) is 0 Å². The molecule has 0 saturated carbocycles. The van der Waals surface area contributed by atoms with Gasteiger partial charge in [-0.25, -0.2) is 4.84 Å². The summed E-state index contributed by atoms with van der Waals surface area (Å²) in [5.74, 6) is -0.715. The topological polar surface area (TPSA) is 60.0 Å². The van der Waals surface area contributed by atoms with E-state index in [0.29, 0.717) is 26.1 Å². The Morgan fingerprint density at radius 3 is 2.55 bits per heavy atom. The molecule has 0 aromatic heterocycles. The van der Waals surface area contributed by atoms with Gasteiger partial charge in [0.15, 0.2) is 5.79 Å². The van der Waals surface area contributed by atoms with Crippen LogP contribution in [0.3, 0.4) is 0 Å². The summed E-state index contributed by atoms with van der Waals surface area (Å²) in [6, 6.07) is 0. The third kappa shape index (κ3) is 2.11. The third-order valence-corrected chi connectivity index (χ3v) is 1.86. The minimum atomic E-state index is -0.715. The largest absolute Gasteiger partial charge is 0.381 e. The molecule has 5 heteroatoms. The van der Waals surface area contributed by atoms with Crippen LogP contribution in [0.4, 0.5) is 0 Å². The highest BCUT2D eigenvalue weighted by atomic mass is 16.9. The molecular formula is C6H13NO4. The molecule has 0 spiro atoms. The summed E-state index contributed by atoms with van der Waals surface area (Å²) < 4.78 is 10.2. The molecule has 1 fully saturated rings. The van der Waals surface area contributed by atoms with Crippen LogP contribution in [0.2, 0.25) is 0 Å². The molecule has 0 amide bonds. The monoisotopic (exact) mass is 163 g/mol. The number of hydrogen-bond acceptors (Lipinski definition) is 5. The van der Waals surface area contributed by atoms with Gasteiger partial charge in [-0.3, -0.25) is 5.21 Å². The normalized spacial score (nSPS) is 23.5. The van der Waals surface area contributed by atoms with Gasteiger partial charge in [0.1, 0.15) is 0 Å². The molecule has 66 valence electrons. The number of rotatable bonds is 3. The molecule has 0 atom stereocenters. The molecule has 1 heterocycles. The van der Waals surface area contributed by atoms with Crippen LogP contribution in [-0.2, 0) is 14.3 Å². The average molecular weight is 163 g/mol. The van der Waals surface area contributed by atoms with E-state index in [-0.39, 0.29) is 0 Å². The van der Waals surface area contributed by atoms with Crippen molar-refractivity contribution < 1.29 is 19.5 Å². The van der Waals surface area contributed by atoms with Crippen molar-refractivity contribution in [3.05, 3.63) is 0 Å². The van der Waals surface area contributed by atoms with Crippen molar-refractivity contribution in [1.29, 1.82) is 0 Å². The number of hydrogen-bond donors (Lipinski definition) is 2. The highest BCUT2D eigenvalue weighted by molar-refractivity contribution is 4.71. The summed E-state index contributed by atoms with van der Waals surface area (Å²) in [6.07, 6.45) is 1.24. The zero-order valence-electron chi connectivity index (χ0n) is 6.50. The maximum absolute atomic E-state index is 8.32. The van der Waals surface area contributed by atoms with Crippen molar-refractivity contribution in [2.75, 3.05) is 20.3 Å². The predicted octanol–water partition coefficient (Wildman–Crippen LogP) is 0.0499. The fourth-order valence-electron chi connectivity index (χ4n) is 1.11. The van der Waals surface area contributed by atoms with E-state index in [9.17, 15) is 0 Å². The third-order valence-electron chi connectivity index (χ3n) is 1.86. The summed E-state index contributed by atoms with van der Waals surface area (Å²) in [7, 11) is 1.54. The van der Waals surface area contributed by atoms with Gasteiger partial charge in [-0.1, -0.05) is 5.64 Å². The minimum absolute atomic E-state index is 0.593. The highest BCUT2D eigenvalue weighted by Crippen LogP contribution is 2.24. The van der Waals surface area contributed by atoms with E-state index in [1.165, 1.54) is 0 Å². The van der Waals surface area contributed by atoms with Crippen LogP contribution in [0.5, 0.6) is 0 Å². The van der Waals surface area contributed by atoms with E-state index in [4.69, 9.17) is 19.5 Å². The van der Waals surface area contributed by atoms with Crippen LogP contribution < -0.4 is 5.64 Å². The van der Waals surface area contributed by atoms with Crippen molar-refractivity contribution in [3.8, 4) is 0 Å². The van der Waals surface area contributed by atoms with Gasteiger partial charge in [-0.15, -0.1) is 0 Å². The lowest BCUT2D eigenvalue weighted by Crippen LogP contribution is -2.43. The maximum Gasteiger partial charge on any atom is 0.194 e. The zero-order chi connectivity index (χ0) is 8.16. The van der Waals surface area contributed by atoms with Crippen LogP contribution in [0, 0.1) is 0 Å². The van der Waals surface area contributed by atoms with Crippen LogP contribution in [-0.4, -0.2) is 31.3 Å². The van der Waals surface area contributed by atoms with E-state index >= 15 is 0 Å². The van der Waals surface area contributed by atoms with Crippen LogP contribution in [0.1, 0.15) is 12.8 Å². The second-order valence-corrected chi connectivity index (χ2v) is 2.42. The van der Waals surface area contributed by atoms with Gasteiger partial charge in [0, 0.05) is 20.0 Å². The van der Waals surface area contributed by atoms with E-state index < -0.39 is 5.79 Å². The Labute approximate surface area is 65.2 Å². The number of ether oxygens (including phenoxy) is 2. The van der Waals surface area contributed by atoms with Crippen molar-refractivity contribution in [1.82, 2.24) is 5.64 Å². The first kappa shape index (κ1) is 8.89. The summed E-state index contributed by atoms with van der Waals surface area (Å²) in [5.41, 5.74) is 1.65. The fourth-order valence-corrected chi connectivity index (χ4v) is 1.11. The average Bonchev–Trinajstić information content (AvgIpc) is 2.07. The van der Waals surface area contributed by atoms with Crippen LogP contribution >= 0.6 is 0 Å². The van der Waals surface area contributed by atoms with Crippen molar-refractivity contribution in [3.63, 3.8) is 0 Å². The van der Waals surface area contributed by atoms with Crippen molar-refractivity contribution in [2.45, 2.75) is 18.6 Å². The molecule has 5 nitrogen and oxygen atoms in total. The Hall–Kier alpha value is -0.200. The molecule has 1 saturated heterocycles. The minimum Gasteiger partial charge on any atom is -0.381 e. The summed E-state index contributed by atoms with van der Waals surface area (Å²) in [6.45, 7) is 1.19. The lowest BCUT2D eigenvalue weighted by molar-refractivity contribution is -0.328. The van der Waals surface area contributed by atoms with Gasteiger partial charge in [-0.05, 0) is 0 Å². The Kier molecular flexibility index (Phi) is 3.22. The molecule has 0 radical (unpaired) electrons. The Bertz CT molecular complexity index is 108. The summed E-state index contributed by atoms with van der Waals surface area (Å²) in [4.78, 5) is 4.82. The van der Waals surface area contributed by atoms with E-state index in [1.807, 2.05) is 0 Å². The van der Waals surface area contributed by atoms with Gasteiger partial charge in [0.2, 0.25) is 0 Å². The van der Waals surface area contributed by atoms with Gasteiger partial charge in [-0.2, -0.15) is 0 Å². The fraction of sp³-hybridized carbons (Fsp3) is 1.00. The molecule has 0 unspecified atom stereocenters. The van der Waals surface area contributed by atoms with E-state index in [0.717, 1.165) is 0 Å². The smallest absolute Gasteiger partial charge is 0.194 e. The van der Waals surface area contributed by atoms with E-state index in [1.54, 1.807) is 12.8 Å². The Morgan fingerprint density at radius 2 is 2.09 bits per heavy atom. The molecule has 0 bridgehead atoms. The van der Waals surface area contributed by atoms with E-state index in [2.05, 4.69) is 0 Å². The first-order valence-electron chi connectivity index (χ1n) is 3.53. The number of methoxy groups -OCH3 is 1. The van der Waals surface area contributed by atoms with Gasteiger partial charge < -0.3 is 9.47 Å². The first-order valence-corrected chi connectivity index (χ1v) is 3.53. The summed E-state index contributed by atoms with van der Waals surface area (Å²) in [5, 5.41) is 8.32. The quantitative estimate of drug-likeness (QED) is 0.454.